The number of fused-ring (bicyclic) bond motifs is 1. The summed E-state index contributed by atoms with van der Waals surface area (Å²) in [5.74, 6) is 1.04. The Kier molecular flexibility index (Phi) is 5.16. The van der Waals surface area contributed by atoms with Crippen LogP contribution in [0.15, 0.2) is 29.2 Å². The second-order valence-electron chi connectivity index (χ2n) is 9.04. The maximum absolute atomic E-state index is 12.3. The number of aromatic amines is 1. The summed E-state index contributed by atoms with van der Waals surface area (Å²) in [7, 11) is 1.84. The molecule has 0 atom stereocenters. The second-order valence-corrected chi connectivity index (χ2v) is 9.04. The van der Waals surface area contributed by atoms with E-state index in [1.165, 1.54) is 48.1 Å². The number of nitrogens with one attached hydrogen (secondary N) is 1. The molecule has 4 nitrogen and oxygen atoms in total. The summed E-state index contributed by atoms with van der Waals surface area (Å²) in [6.07, 6.45) is 3.21. The molecule has 4 rings (SSSR count). The number of hydrogen-bond donors (Lipinski definition) is 1. The van der Waals surface area contributed by atoms with E-state index in [-0.39, 0.29) is 5.56 Å². The molecule has 1 aliphatic heterocycles. The summed E-state index contributed by atoms with van der Waals surface area (Å²) in [5, 5.41) is 1.33. The molecule has 4 heteroatoms. The molecule has 3 heterocycles. The third-order valence-corrected chi connectivity index (χ3v) is 6.61. The highest BCUT2D eigenvalue weighted by molar-refractivity contribution is 5.92. The van der Waals surface area contributed by atoms with Crippen LogP contribution >= 0.6 is 0 Å². The van der Waals surface area contributed by atoms with Gasteiger partial charge in [0.15, 0.2) is 0 Å². The largest absolute Gasteiger partial charge is 0.354 e. The van der Waals surface area contributed by atoms with Crippen molar-refractivity contribution < 1.29 is 0 Å². The standard InChI is InChI=1S/C25H33N3O/c1-7-10-28-12-19(13-28)18-8-9-22-20(11-18)23(15(2)3)24(26-22)21-14-27(6)25(29)17(5)16(21)4/h8-9,11,14-15,19,26H,7,10,12-13H2,1-6H3. The fraction of sp³-hybridized carbons (Fsp3) is 0.480. The molecule has 154 valence electrons. The zero-order valence-corrected chi connectivity index (χ0v) is 18.6. The highest BCUT2D eigenvalue weighted by Crippen LogP contribution is 2.39. The van der Waals surface area contributed by atoms with Crippen LogP contribution in [0.1, 0.15) is 61.3 Å². The van der Waals surface area contributed by atoms with Crippen molar-refractivity contribution in [1.29, 1.82) is 0 Å². The summed E-state index contributed by atoms with van der Waals surface area (Å²) in [6, 6.07) is 6.94. The number of H-pyrrole nitrogens is 1. The van der Waals surface area contributed by atoms with Crippen molar-refractivity contribution in [3.63, 3.8) is 0 Å². The van der Waals surface area contributed by atoms with Crippen LogP contribution in [0.5, 0.6) is 0 Å². The SMILES string of the molecule is CCCN1CC(c2ccc3[nH]c(-c4cn(C)c(=O)c(C)c4C)c(C(C)C)c3c2)C1. The molecule has 29 heavy (non-hydrogen) atoms. The molecule has 1 fully saturated rings. The van der Waals surface area contributed by atoms with E-state index < -0.39 is 0 Å². The van der Waals surface area contributed by atoms with Gasteiger partial charge in [-0.3, -0.25) is 4.79 Å². The molecule has 3 aromatic rings. The van der Waals surface area contributed by atoms with Gasteiger partial charge in [0.2, 0.25) is 0 Å². The molecular weight excluding hydrogens is 358 g/mol. The topological polar surface area (TPSA) is 41.0 Å². The van der Waals surface area contributed by atoms with Gasteiger partial charge in [0.1, 0.15) is 0 Å². The Labute approximate surface area is 173 Å². The Bertz CT molecular complexity index is 1110. The maximum atomic E-state index is 12.3. The average molecular weight is 392 g/mol. The normalized spacial score (nSPS) is 15.4. The molecule has 2 aromatic heterocycles. The van der Waals surface area contributed by atoms with Gasteiger partial charge in [0.05, 0.1) is 5.69 Å². The number of rotatable bonds is 5. The molecule has 0 bridgehead atoms. The lowest BCUT2D eigenvalue weighted by molar-refractivity contribution is 0.149. The zero-order valence-electron chi connectivity index (χ0n) is 18.6. The Morgan fingerprint density at radius 3 is 2.55 bits per heavy atom. The van der Waals surface area contributed by atoms with E-state index in [0.717, 1.165) is 22.4 Å². The van der Waals surface area contributed by atoms with Gasteiger partial charge >= 0.3 is 0 Å². The molecule has 0 amide bonds. The van der Waals surface area contributed by atoms with Crippen LogP contribution in [0.2, 0.25) is 0 Å². The lowest BCUT2D eigenvalue weighted by Crippen LogP contribution is -2.45. The van der Waals surface area contributed by atoms with Crippen molar-refractivity contribution in [3.8, 4) is 11.3 Å². The quantitative estimate of drug-likeness (QED) is 0.659. The third kappa shape index (κ3) is 3.33. The predicted molar refractivity (Wildman–Crippen MR) is 122 cm³/mol. The Morgan fingerprint density at radius 1 is 1.17 bits per heavy atom. The summed E-state index contributed by atoms with van der Waals surface area (Å²) in [6.45, 7) is 14.3. The van der Waals surface area contributed by atoms with E-state index >= 15 is 0 Å². The number of hydrogen-bond acceptors (Lipinski definition) is 2. The minimum atomic E-state index is 0.0809. The Hall–Kier alpha value is -2.33. The fourth-order valence-corrected chi connectivity index (χ4v) is 4.80. The van der Waals surface area contributed by atoms with E-state index in [1.807, 2.05) is 20.2 Å². The number of nitrogens with zero attached hydrogens (tertiary/aromatic N) is 2. The minimum absolute atomic E-state index is 0.0809. The van der Waals surface area contributed by atoms with Crippen molar-refractivity contribution in [3.05, 3.63) is 57.0 Å². The first-order chi connectivity index (χ1) is 13.8. The highest BCUT2D eigenvalue weighted by Gasteiger charge is 2.28. The van der Waals surface area contributed by atoms with Gasteiger partial charge in [-0.15, -0.1) is 0 Å². The first kappa shape index (κ1) is 20.0. The van der Waals surface area contributed by atoms with Crippen molar-refractivity contribution in [2.24, 2.45) is 7.05 Å². The van der Waals surface area contributed by atoms with Gasteiger partial charge in [-0.1, -0.05) is 26.8 Å². The van der Waals surface area contributed by atoms with Crippen LogP contribution in [0.25, 0.3) is 22.2 Å². The minimum Gasteiger partial charge on any atom is -0.354 e. The van der Waals surface area contributed by atoms with Crippen LogP contribution < -0.4 is 5.56 Å². The Balaban J connectivity index is 1.83. The molecule has 0 saturated carbocycles. The average Bonchev–Trinajstić information content (AvgIpc) is 3.04. The number of aryl methyl sites for hydroxylation is 1. The van der Waals surface area contributed by atoms with Gasteiger partial charge < -0.3 is 14.5 Å². The summed E-state index contributed by atoms with van der Waals surface area (Å²) in [5.41, 5.74) is 8.24. The van der Waals surface area contributed by atoms with E-state index in [0.29, 0.717) is 11.8 Å². The van der Waals surface area contributed by atoms with E-state index in [2.05, 4.69) is 55.8 Å². The van der Waals surface area contributed by atoms with Gasteiger partial charge in [0.25, 0.3) is 5.56 Å². The number of likely N-dealkylation sites (tertiary alicyclic amines) is 1. The van der Waals surface area contributed by atoms with Crippen LogP contribution in [-0.2, 0) is 7.05 Å². The summed E-state index contributed by atoms with van der Waals surface area (Å²) < 4.78 is 1.70. The zero-order chi connectivity index (χ0) is 20.9. The van der Waals surface area contributed by atoms with E-state index in [4.69, 9.17) is 0 Å². The number of benzene rings is 1. The van der Waals surface area contributed by atoms with Crippen LogP contribution in [0.4, 0.5) is 0 Å². The first-order valence-electron chi connectivity index (χ1n) is 10.9. The second kappa shape index (κ2) is 7.49. The molecule has 1 N–H and O–H groups in total. The molecule has 0 unspecified atom stereocenters. The monoisotopic (exact) mass is 391 g/mol. The van der Waals surface area contributed by atoms with Crippen LogP contribution in [0.3, 0.4) is 0 Å². The number of pyridine rings is 1. The summed E-state index contributed by atoms with van der Waals surface area (Å²) >= 11 is 0. The lowest BCUT2D eigenvalue weighted by atomic mass is 9.88. The number of aromatic nitrogens is 2. The van der Waals surface area contributed by atoms with Crippen molar-refractivity contribution in [1.82, 2.24) is 14.5 Å². The molecule has 1 aliphatic rings. The third-order valence-electron chi connectivity index (χ3n) is 6.61. The van der Waals surface area contributed by atoms with Gasteiger partial charge in [-0.25, -0.2) is 0 Å². The fourth-order valence-electron chi connectivity index (χ4n) is 4.80. The highest BCUT2D eigenvalue weighted by atomic mass is 16.1. The Morgan fingerprint density at radius 2 is 1.90 bits per heavy atom. The molecular formula is C25H33N3O. The molecule has 1 aromatic carbocycles. The molecule has 0 radical (unpaired) electrons. The van der Waals surface area contributed by atoms with Gasteiger partial charge in [-0.05, 0) is 61.6 Å². The molecule has 1 saturated heterocycles. The van der Waals surface area contributed by atoms with Crippen molar-refractivity contribution in [2.45, 2.75) is 52.9 Å². The van der Waals surface area contributed by atoms with Crippen LogP contribution in [0, 0.1) is 13.8 Å². The first-order valence-corrected chi connectivity index (χ1v) is 10.9. The maximum Gasteiger partial charge on any atom is 0.253 e. The van der Waals surface area contributed by atoms with Gasteiger partial charge in [0, 0.05) is 54.3 Å². The summed E-state index contributed by atoms with van der Waals surface area (Å²) in [4.78, 5) is 18.6. The molecule has 0 spiro atoms. The lowest BCUT2D eigenvalue weighted by Gasteiger charge is -2.39. The van der Waals surface area contributed by atoms with E-state index in [9.17, 15) is 4.79 Å². The van der Waals surface area contributed by atoms with Crippen molar-refractivity contribution in [2.75, 3.05) is 19.6 Å². The van der Waals surface area contributed by atoms with Crippen molar-refractivity contribution >= 4 is 10.9 Å². The van der Waals surface area contributed by atoms with E-state index in [1.54, 1.807) is 4.57 Å². The predicted octanol–water partition coefficient (Wildman–Crippen LogP) is 5.08. The van der Waals surface area contributed by atoms with Crippen LogP contribution in [-0.4, -0.2) is 34.1 Å². The van der Waals surface area contributed by atoms with Gasteiger partial charge in [-0.2, -0.15) is 0 Å². The molecule has 0 aliphatic carbocycles. The smallest absolute Gasteiger partial charge is 0.253 e.